The normalized spacial score (nSPS) is 15.5. The van der Waals surface area contributed by atoms with Crippen molar-refractivity contribution < 1.29 is 0 Å². The Hall–Kier alpha value is -1.67. The van der Waals surface area contributed by atoms with Gasteiger partial charge in [0.2, 0.25) is 0 Å². The lowest BCUT2D eigenvalue weighted by molar-refractivity contribution is 0.561. The molecule has 1 N–H and O–H groups in total. The molecule has 0 amide bonds. The number of rotatable bonds is 6. The molecule has 6 nitrogen and oxygen atoms in total. The lowest BCUT2D eigenvalue weighted by Crippen LogP contribution is -2.12. The predicted octanol–water partition coefficient (Wildman–Crippen LogP) is 4.49. The topological polar surface area (TPSA) is 76.5 Å². The summed E-state index contributed by atoms with van der Waals surface area (Å²) in [5.74, 6) is 2.96. The van der Waals surface area contributed by atoms with Crippen LogP contribution in [0.2, 0.25) is 0 Å². The van der Waals surface area contributed by atoms with E-state index < -0.39 is 0 Å². The summed E-state index contributed by atoms with van der Waals surface area (Å²) in [6.45, 7) is 7.51. The van der Waals surface area contributed by atoms with Crippen molar-refractivity contribution >= 4 is 33.3 Å². The molecule has 0 saturated heterocycles. The van der Waals surface area contributed by atoms with Gasteiger partial charge < -0.3 is 9.55 Å². The van der Waals surface area contributed by atoms with Crippen LogP contribution < -0.4 is 5.56 Å². The third kappa shape index (κ3) is 3.89. The maximum atomic E-state index is 12.8. The largest absolute Gasteiger partial charge is 0.309 e. The van der Waals surface area contributed by atoms with Crippen LogP contribution in [0.15, 0.2) is 9.95 Å². The number of hydrogen-bond acceptors (Lipinski definition) is 6. The van der Waals surface area contributed by atoms with Crippen LogP contribution in [0.1, 0.15) is 61.6 Å². The van der Waals surface area contributed by atoms with Gasteiger partial charge in [0.1, 0.15) is 16.5 Å². The molecule has 4 rings (SSSR count). The van der Waals surface area contributed by atoms with Crippen LogP contribution in [0.4, 0.5) is 0 Å². The molecule has 0 aromatic carbocycles. The average molecular weight is 418 g/mol. The Labute approximate surface area is 173 Å². The van der Waals surface area contributed by atoms with Crippen LogP contribution in [0.25, 0.3) is 10.2 Å². The second-order valence-corrected chi connectivity index (χ2v) is 9.84. The molecule has 3 aromatic heterocycles. The molecule has 3 aromatic rings. The summed E-state index contributed by atoms with van der Waals surface area (Å²) in [5.41, 5.74) is 1.16. The molecular weight excluding hydrogens is 390 g/mol. The highest BCUT2D eigenvalue weighted by Gasteiger charge is 2.18. The maximum Gasteiger partial charge on any atom is 0.259 e. The molecule has 0 saturated carbocycles. The van der Waals surface area contributed by atoms with Crippen LogP contribution >= 0.6 is 23.1 Å². The quantitative estimate of drug-likeness (QED) is 0.598. The Balaban J connectivity index is 1.57. The van der Waals surface area contributed by atoms with Crippen LogP contribution in [0.3, 0.4) is 0 Å². The first kappa shape index (κ1) is 19.6. The number of hydrogen-bond donors (Lipinski definition) is 1. The summed E-state index contributed by atoms with van der Waals surface area (Å²) in [7, 11) is 0. The van der Waals surface area contributed by atoms with E-state index in [1.165, 1.54) is 29.7 Å². The van der Waals surface area contributed by atoms with Crippen LogP contribution in [0.5, 0.6) is 0 Å². The molecule has 0 spiro atoms. The number of nitrogens with one attached hydrogen (secondary N) is 1. The van der Waals surface area contributed by atoms with Gasteiger partial charge in [0.15, 0.2) is 5.16 Å². The lowest BCUT2D eigenvalue weighted by atomic mass is 9.98. The lowest BCUT2D eigenvalue weighted by Gasteiger charge is -2.08. The molecule has 1 aliphatic rings. The van der Waals surface area contributed by atoms with Gasteiger partial charge in [-0.2, -0.15) is 0 Å². The number of aromatic amines is 1. The van der Waals surface area contributed by atoms with E-state index in [1.807, 2.05) is 0 Å². The molecule has 4 heterocycles. The fourth-order valence-electron chi connectivity index (χ4n) is 3.72. The molecule has 8 heteroatoms. The molecule has 1 atom stereocenters. The van der Waals surface area contributed by atoms with Crippen LogP contribution in [-0.4, -0.2) is 24.7 Å². The third-order valence-corrected chi connectivity index (χ3v) is 7.59. The molecule has 0 aliphatic carbocycles. The summed E-state index contributed by atoms with van der Waals surface area (Å²) in [4.78, 5) is 22.7. The van der Waals surface area contributed by atoms with Gasteiger partial charge in [-0.1, -0.05) is 38.5 Å². The third-order valence-electron chi connectivity index (χ3n) is 5.57. The predicted molar refractivity (Wildman–Crippen MR) is 115 cm³/mol. The first-order chi connectivity index (χ1) is 13.6. The van der Waals surface area contributed by atoms with Gasteiger partial charge in [0.05, 0.1) is 11.1 Å². The fourth-order valence-corrected chi connectivity index (χ4v) is 5.65. The highest BCUT2D eigenvalue weighted by molar-refractivity contribution is 7.98. The van der Waals surface area contributed by atoms with E-state index >= 15 is 0 Å². The molecule has 0 unspecified atom stereocenters. The van der Waals surface area contributed by atoms with Gasteiger partial charge in [0, 0.05) is 17.8 Å². The van der Waals surface area contributed by atoms with Crippen molar-refractivity contribution in [2.45, 2.75) is 76.8 Å². The van der Waals surface area contributed by atoms with Crippen molar-refractivity contribution in [1.29, 1.82) is 0 Å². The van der Waals surface area contributed by atoms with E-state index in [1.54, 1.807) is 23.1 Å². The maximum absolute atomic E-state index is 12.8. The molecule has 0 bridgehead atoms. The molecular formula is C20H27N5OS2. The van der Waals surface area contributed by atoms with Gasteiger partial charge in [0.25, 0.3) is 5.56 Å². The van der Waals surface area contributed by atoms with E-state index in [-0.39, 0.29) is 5.56 Å². The Morgan fingerprint density at radius 3 is 2.96 bits per heavy atom. The minimum absolute atomic E-state index is 0.0108. The van der Waals surface area contributed by atoms with E-state index in [9.17, 15) is 4.79 Å². The number of thiophene rings is 1. The molecule has 28 heavy (non-hydrogen) atoms. The molecule has 0 radical (unpaired) electrons. The van der Waals surface area contributed by atoms with Gasteiger partial charge >= 0.3 is 0 Å². The number of aromatic nitrogens is 5. The summed E-state index contributed by atoms with van der Waals surface area (Å²) >= 11 is 3.24. The van der Waals surface area contributed by atoms with Crippen molar-refractivity contribution in [1.82, 2.24) is 24.7 Å². The van der Waals surface area contributed by atoms with E-state index in [0.717, 1.165) is 47.0 Å². The van der Waals surface area contributed by atoms with Gasteiger partial charge in [-0.3, -0.25) is 4.79 Å². The van der Waals surface area contributed by atoms with Crippen molar-refractivity contribution in [3.05, 3.63) is 32.4 Å². The molecule has 150 valence electrons. The number of H-pyrrole nitrogens is 1. The van der Waals surface area contributed by atoms with Crippen LogP contribution in [0, 0.1) is 12.8 Å². The monoisotopic (exact) mass is 417 g/mol. The van der Waals surface area contributed by atoms with E-state index in [2.05, 4.69) is 40.5 Å². The number of aryl methyl sites for hydroxylation is 2. The Kier molecular flexibility index (Phi) is 5.87. The minimum Gasteiger partial charge on any atom is -0.309 e. The first-order valence-electron chi connectivity index (χ1n) is 10.1. The summed E-state index contributed by atoms with van der Waals surface area (Å²) in [5, 5.41) is 10.4. The van der Waals surface area contributed by atoms with E-state index in [0.29, 0.717) is 17.5 Å². The highest BCUT2D eigenvalue weighted by Crippen LogP contribution is 2.30. The summed E-state index contributed by atoms with van der Waals surface area (Å²) < 4.78 is 2.23. The smallest absolute Gasteiger partial charge is 0.259 e. The van der Waals surface area contributed by atoms with Gasteiger partial charge in [-0.05, 0) is 37.7 Å². The van der Waals surface area contributed by atoms with E-state index in [4.69, 9.17) is 4.98 Å². The number of nitrogens with zero attached hydrogens (tertiary/aromatic N) is 4. The van der Waals surface area contributed by atoms with Crippen molar-refractivity contribution in [3.63, 3.8) is 0 Å². The zero-order chi connectivity index (χ0) is 19.7. The fraction of sp³-hybridized carbons (Fsp3) is 0.600. The Morgan fingerprint density at radius 2 is 2.14 bits per heavy atom. The minimum atomic E-state index is -0.0108. The Morgan fingerprint density at radius 1 is 1.29 bits per heavy atom. The molecule has 1 aliphatic heterocycles. The van der Waals surface area contributed by atoms with Crippen molar-refractivity contribution in [2.75, 3.05) is 0 Å². The average Bonchev–Trinajstić information content (AvgIpc) is 3.10. The van der Waals surface area contributed by atoms with Crippen molar-refractivity contribution in [2.24, 2.45) is 5.92 Å². The SMILES string of the molecule is CC[C@H](C)Cc1c(C)sc2nc(CSc3nnc4n3CCCCC4)[nH]c(=O)c12. The first-order valence-corrected chi connectivity index (χ1v) is 11.9. The number of fused-ring (bicyclic) bond motifs is 2. The Bertz CT molecular complexity index is 1040. The second-order valence-electron chi connectivity index (χ2n) is 7.70. The summed E-state index contributed by atoms with van der Waals surface area (Å²) in [6.07, 6.45) is 6.66. The van der Waals surface area contributed by atoms with Gasteiger partial charge in [-0.25, -0.2) is 4.98 Å². The standard InChI is InChI=1S/C20H27N5OS2/c1-4-12(2)10-14-13(3)28-19-17(14)18(26)21-15(22-19)11-27-20-24-23-16-8-6-5-7-9-25(16)20/h12H,4-11H2,1-3H3,(H,21,22,26)/t12-/m0/s1. The van der Waals surface area contributed by atoms with Gasteiger partial charge in [-0.15, -0.1) is 21.5 Å². The summed E-state index contributed by atoms with van der Waals surface area (Å²) in [6, 6.07) is 0. The highest BCUT2D eigenvalue weighted by atomic mass is 32.2. The molecule has 0 fully saturated rings. The van der Waals surface area contributed by atoms with Crippen molar-refractivity contribution in [3.8, 4) is 0 Å². The zero-order valence-corrected chi connectivity index (χ0v) is 18.4. The zero-order valence-electron chi connectivity index (χ0n) is 16.7. The van der Waals surface area contributed by atoms with Crippen LogP contribution in [-0.2, 0) is 25.1 Å². The second kappa shape index (κ2) is 8.37. The number of thioether (sulfide) groups is 1.